The van der Waals surface area contributed by atoms with Gasteiger partial charge in [0, 0.05) is 24.7 Å². The van der Waals surface area contributed by atoms with Gasteiger partial charge in [0.15, 0.2) is 5.76 Å². The summed E-state index contributed by atoms with van der Waals surface area (Å²) >= 11 is 12.0. The van der Waals surface area contributed by atoms with Crippen molar-refractivity contribution in [2.24, 2.45) is 17.3 Å². The molecule has 4 rings (SSSR count). The maximum Gasteiger partial charge on any atom is 0.165 e. The summed E-state index contributed by atoms with van der Waals surface area (Å²) in [6, 6.07) is 7.28. The van der Waals surface area contributed by atoms with Crippen molar-refractivity contribution in [1.82, 2.24) is 10.2 Å². The first-order valence-electron chi connectivity index (χ1n) is 8.74. The van der Waals surface area contributed by atoms with Crippen LogP contribution in [0.15, 0.2) is 28.8 Å². The number of hydroxylamine groups is 2. The predicted molar refractivity (Wildman–Crippen MR) is 100 cm³/mol. The number of hydrogen-bond donors (Lipinski definition) is 0. The van der Waals surface area contributed by atoms with E-state index in [1.165, 1.54) is 0 Å². The van der Waals surface area contributed by atoms with Crippen molar-refractivity contribution in [3.8, 4) is 11.3 Å². The van der Waals surface area contributed by atoms with E-state index < -0.39 is 0 Å². The molecule has 2 atom stereocenters. The third kappa shape index (κ3) is 3.72. The van der Waals surface area contributed by atoms with E-state index in [-0.39, 0.29) is 0 Å². The Kier molecular flexibility index (Phi) is 5.45. The van der Waals surface area contributed by atoms with Gasteiger partial charge < -0.3 is 4.52 Å². The number of nitrogens with zero attached hydrogens (tertiary/aromatic N) is 2. The van der Waals surface area contributed by atoms with E-state index in [1.54, 1.807) is 12.1 Å². The number of halogens is 2. The smallest absolute Gasteiger partial charge is 0.165 e. The van der Waals surface area contributed by atoms with Crippen LogP contribution in [0.25, 0.3) is 11.3 Å². The Balaban J connectivity index is 0.000000880. The summed E-state index contributed by atoms with van der Waals surface area (Å²) in [7, 11) is 0. The standard InChI is InChI=1S/C17H18Cl2N2O2.C2H6/c1-17(2)12-7-21(8-13(12)17)22-9-11-6-16(20-23-11)10-3-4-14(18)15(19)5-10;1-2/h3-6,12-13H,7-9H2,1-2H3;1-2H3. The van der Waals surface area contributed by atoms with Gasteiger partial charge >= 0.3 is 0 Å². The van der Waals surface area contributed by atoms with Gasteiger partial charge in [0.1, 0.15) is 12.3 Å². The van der Waals surface area contributed by atoms with Crippen LogP contribution >= 0.6 is 23.2 Å². The predicted octanol–water partition coefficient (Wildman–Crippen LogP) is 5.69. The topological polar surface area (TPSA) is 38.5 Å². The zero-order chi connectivity index (χ0) is 18.2. The van der Waals surface area contributed by atoms with Crippen LogP contribution in [0.1, 0.15) is 33.5 Å². The van der Waals surface area contributed by atoms with Crippen molar-refractivity contribution in [2.45, 2.75) is 34.3 Å². The quantitative estimate of drug-likeness (QED) is 0.680. The minimum Gasteiger partial charge on any atom is -0.358 e. The second-order valence-electron chi connectivity index (χ2n) is 6.96. The lowest BCUT2D eigenvalue weighted by Crippen LogP contribution is -2.26. The highest BCUT2D eigenvalue weighted by Crippen LogP contribution is 2.61. The molecule has 0 spiro atoms. The van der Waals surface area contributed by atoms with Crippen molar-refractivity contribution >= 4 is 23.2 Å². The number of piperidine rings is 1. The minimum atomic E-state index is 0.397. The number of aromatic nitrogens is 1. The molecule has 2 fully saturated rings. The van der Waals surface area contributed by atoms with Crippen LogP contribution in [0, 0.1) is 17.3 Å². The van der Waals surface area contributed by atoms with Gasteiger partial charge in [0.25, 0.3) is 0 Å². The molecule has 1 aromatic carbocycles. The third-order valence-electron chi connectivity index (χ3n) is 5.25. The van der Waals surface area contributed by atoms with Crippen LogP contribution in [0.3, 0.4) is 0 Å². The Hall–Kier alpha value is -1.07. The fourth-order valence-electron chi connectivity index (χ4n) is 3.53. The van der Waals surface area contributed by atoms with E-state index in [9.17, 15) is 0 Å². The number of benzene rings is 1. The Morgan fingerprint density at radius 2 is 1.84 bits per heavy atom. The molecule has 2 aromatic rings. The van der Waals surface area contributed by atoms with Gasteiger partial charge in [-0.25, -0.2) is 0 Å². The molecule has 4 nitrogen and oxygen atoms in total. The van der Waals surface area contributed by atoms with Crippen molar-refractivity contribution in [1.29, 1.82) is 0 Å². The summed E-state index contributed by atoms with van der Waals surface area (Å²) in [5.41, 5.74) is 2.10. The molecule has 1 aromatic heterocycles. The van der Waals surface area contributed by atoms with E-state index in [2.05, 4.69) is 19.0 Å². The molecule has 1 aliphatic heterocycles. The molecule has 1 saturated carbocycles. The van der Waals surface area contributed by atoms with Crippen molar-refractivity contribution in [3.05, 3.63) is 40.1 Å². The van der Waals surface area contributed by atoms with Gasteiger partial charge in [0.05, 0.1) is 10.0 Å². The molecule has 136 valence electrons. The molecule has 25 heavy (non-hydrogen) atoms. The van der Waals surface area contributed by atoms with E-state index in [0.717, 1.165) is 36.2 Å². The largest absolute Gasteiger partial charge is 0.358 e. The lowest BCUT2D eigenvalue weighted by molar-refractivity contribution is -0.170. The molecule has 2 aliphatic rings. The first kappa shape index (κ1) is 18.7. The number of fused-ring (bicyclic) bond motifs is 1. The highest BCUT2D eigenvalue weighted by Gasteiger charge is 2.62. The van der Waals surface area contributed by atoms with Crippen LogP contribution in [0.2, 0.25) is 10.0 Å². The summed E-state index contributed by atoms with van der Waals surface area (Å²) < 4.78 is 5.35. The Morgan fingerprint density at radius 1 is 1.16 bits per heavy atom. The molecule has 1 aliphatic carbocycles. The highest BCUT2D eigenvalue weighted by molar-refractivity contribution is 6.42. The zero-order valence-corrected chi connectivity index (χ0v) is 16.6. The normalized spacial score (nSPS) is 23.8. The van der Waals surface area contributed by atoms with Crippen LogP contribution < -0.4 is 0 Å². The average Bonchev–Trinajstić information content (AvgIpc) is 3.07. The SMILES string of the molecule is CC.CC1(C)C2CN(OCc3cc(-c4ccc(Cl)c(Cl)c4)no3)CC21. The monoisotopic (exact) mass is 382 g/mol. The second-order valence-corrected chi connectivity index (χ2v) is 7.78. The van der Waals surface area contributed by atoms with Gasteiger partial charge in [-0.2, -0.15) is 5.06 Å². The van der Waals surface area contributed by atoms with E-state index in [4.69, 9.17) is 32.6 Å². The lowest BCUT2D eigenvalue weighted by Gasteiger charge is -2.20. The summed E-state index contributed by atoms with van der Waals surface area (Å²) in [5, 5.41) is 7.15. The van der Waals surface area contributed by atoms with Gasteiger partial charge in [-0.3, -0.25) is 4.84 Å². The molecule has 0 N–H and O–H groups in total. The van der Waals surface area contributed by atoms with Crippen LogP contribution in [-0.2, 0) is 11.4 Å². The van der Waals surface area contributed by atoms with Crippen LogP contribution in [-0.4, -0.2) is 23.3 Å². The maximum absolute atomic E-state index is 6.04. The lowest BCUT2D eigenvalue weighted by atomic mass is 10.1. The maximum atomic E-state index is 6.04. The van der Waals surface area contributed by atoms with Crippen LogP contribution in [0.4, 0.5) is 0 Å². The Morgan fingerprint density at radius 3 is 2.48 bits per heavy atom. The summed E-state index contributed by atoms with van der Waals surface area (Å²) in [5.74, 6) is 2.24. The Bertz CT molecular complexity index is 731. The van der Waals surface area contributed by atoms with Gasteiger partial charge in [-0.05, 0) is 29.4 Å². The highest BCUT2D eigenvalue weighted by atomic mass is 35.5. The molecular formula is C19H24Cl2N2O2. The van der Waals surface area contributed by atoms with Gasteiger partial charge in [-0.15, -0.1) is 0 Å². The number of rotatable bonds is 4. The second kappa shape index (κ2) is 7.28. The average molecular weight is 383 g/mol. The third-order valence-corrected chi connectivity index (χ3v) is 5.99. The Labute approximate surface area is 159 Å². The minimum absolute atomic E-state index is 0.397. The molecule has 2 heterocycles. The van der Waals surface area contributed by atoms with E-state index >= 15 is 0 Å². The summed E-state index contributed by atoms with van der Waals surface area (Å²) in [6.07, 6.45) is 0. The van der Waals surface area contributed by atoms with Gasteiger partial charge in [0.2, 0.25) is 0 Å². The fourth-order valence-corrected chi connectivity index (χ4v) is 3.83. The molecule has 6 heteroatoms. The van der Waals surface area contributed by atoms with Crippen molar-refractivity contribution in [2.75, 3.05) is 13.1 Å². The molecular weight excluding hydrogens is 359 g/mol. The first-order chi connectivity index (χ1) is 11.9. The van der Waals surface area contributed by atoms with Crippen LogP contribution in [0.5, 0.6) is 0 Å². The molecule has 0 bridgehead atoms. The molecule has 2 unspecified atom stereocenters. The molecule has 0 radical (unpaired) electrons. The fraction of sp³-hybridized carbons (Fsp3) is 0.526. The van der Waals surface area contributed by atoms with Crippen molar-refractivity contribution < 1.29 is 9.36 Å². The summed E-state index contributed by atoms with van der Waals surface area (Å²) in [6.45, 7) is 11.1. The zero-order valence-electron chi connectivity index (χ0n) is 15.1. The van der Waals surface area contributed by atoms with E-state index in [1.807, 2.05) is 31.0 Å². The first-order valence-corrected chi connectivity index (χ1v) is 9.49. The van der Waals surface area contributed by atoms with E-state index in [0.29, 0.717) is 27.8 Å². The molecule has 1 saturated heterocycles. The number of hydrogen-bond acceptors (Lipinski definition) is 4. The summed E-state index contributed by atoms with van der Waals surface area (Å²) in [4.78, 5) is 5.83. The molecule has 0 amide bonds. The van der Waals surface area contributed by atoms with Crippen molar-refractivity contribution in [3.63, 3.8) is 0 Å². The van der Waals surface area contributed by atoms with Gasteiger partial charge in [-0.1, -0.05) is 62.1 Å².